The van der Waals surface area contributed by atoms with Crippen LogP contribution < -0.4 is 32.2 Å². The van der Waals surface area contributed by atoms with Gasteiger partial charge in [-0.3, -0.25) is 9.59 Å². The number of aliphatic imine (C=N–C) groups is 2. The monoisotopic (exact) mass is 587 g/mol. The van der Waals surface area contributed by atoms with Crippen LogP contribution in [0.3, 0.4) is 0 Å². The second kappa shape index (κ2) is 9.85. The largest absolute Gasteiger partial charge is 0.492 e. The summed E-state index contributed by atoms with van der Waals surface area (Å²) < 4.78 is 5.89. The smallest absolute Gasteiger partial charge is 0.255 e. The Hall–Kier alpha value is -4.87. The van der Waals surface area contributed by atoms with Gasteiger partial charge in [-0.15, -0.1) is 0 Å². The van der Waals surface area contributed by atoms with Gasteiger partial charge in [-0.25, -0.2) is 9.98 Å². The summed E-state index contributed by atoms with van der Waals surface area (Å²) in [5.41, 5.74) is 12.0. The average molecular weight is 588 g/mol. The van der Waals surface area contributed by atoms with E-state index in [0.29, 0.717) is 12.4 Å². The third kappa shape index (κ3) is 4.23. The van der Waals surface area contributed by atoms with Gasteiger partial charge in [0.15, 0.2) is 17.6 Å². The van der Waals surface area contributed by atoms with Crippen molar-refractivity contribution >= 4 is 23.7 Å². The Kier molecular flexibility index (Phi) is 6.48. The van der Waals surface area contributed by atoms with Crippen LogP contribution in [-0.2, 0) is 5.41 Å². The molecule has 2 amide bonds. The molecule has 9 N–H and O–H groups in total. The van der Waals surface area contributed by atoms with Crippen molar-refractivity contribution < 1.29 is 24.5 Å². The number of ether oxygens (including phenoxy) is 1. The van der Waals surface area contributed by atoms with Gasteiger partial charge >= 0.3 is 0 Å². The highest BCUT2D eigenvalue weighted by Crippen LogP contribution is 2.45. The summed E-state index contributed by atoms with van der Waals surface area (Å²) in [5.74, 6) is -3.40. The maximum atomic E-state index is 13.6. The minimum Gasteiger partial charge on any atom is -0.492 e. The second-order valence-electron chi connectivity index (χ2n) is 11.8. The molecule has 0 aromatic heterocycles. The van der Waals surface area contributed by atoms with E-state index in [2.05, 4.69) is 39.8 Å². The average Bonchev–Trinajstić information content (AvgIpc) is 3.44. The lowest BCUT2D eigenvalue weighted by Crippen LogP contribution is -2.78. The number of carbonyl (C=O) groups is 2. The van der Waals surface area contributed by atoms with E-state index in [-0.39, 0.29) is 47.1 Å². The molecule has 0 aliphatic carbocycles. The van der Waals surface area contributed by atoms with Crippen molar-refractivity contribution in [2.24, 2.45) is 21.5 Å². The first kappa shape index (κ1) is 28.3. The van der Waals surface area contributed by atoms with Crippen molar-refractivity contribution in [2.75, 3.05) is 19.7 Å². The number of nitriles is 1. The molecule has 0 radical (unpaired) electrons. The molecule has 1 spiro atoms. The van der Waals surface area contributed by atoms with Gasteiger partial charge in [0.05, 0.1) is 35.4 Å². The maximum absolute atomic E-state index is 13.6. The molecule has 4 heterocycles. The fraction of sp³-hybridized carbons (Fsp3) is 0.414. The minimum absolute atomic E-state index is 0.0586. The Bertz CT molecular complexity index is 1610. The van der Waals surface area contributed by atoms with Crippen molar-refractivity contribution in [1.82, 2.24) is 20.9 Å². The Morgan fingerprint density at radius 1 is 1.14 bits per heavy atom. The van der Waals surface area contributed by atoms with Crippen molar-refractivity contribution in [3.63, 3.8) is 0 Å². The molecule has 0 saturated carbocycles. The molecule has 1 fully saturated rings. The summed E-state index contributed by atoms with van der Waals surface area (Å²) in [6.07, 6.45) is 0.793. The lowest BCUT2D eigenvalue weighted by molar-refractivity contribution is -0.230. The van der Waals surface area contributed by atoms with Crippen LogP contribution in [0.2, 0.25) is 0 Å². The van der Waals surface area contributed by atoms with Gasteiger partial charge in [0.2, 0.25) is 5.79 Å². The number of nitrogens with two attached hydrogens (primary N) is 2. The quantitative estimate of drug-likeness (QED) is 0.207. The third-order valence-electron chi connectivity index (χ3n) is 8.83. The maximum Gasteiger partial charge on any atom is 0.255 e. The molecular weight excluding hydrogens is 554 g/mol. The van der Waals surface area contributed by atoms with Gasteiger partial charge in [0, 0.05) is 18.7 Å². The van der Waals surface area contributed by atoms with Gasteiger partial charge in [-0.05, 0) is 30.0 Å². The summed E-state index contributed by atoms with van der Waals surface area (Å²) in [4.78, 5) is 36.9. The van der Waals surface area contributed by atoms with Gasteiger partial charge in [-0.1, -0.05) is 38.1 Å². The molecule has 4 aliphatic rings. The van der Waals surface area contributed by atoms with Crippen LogP contribution in [0.1, 0.15) is 52.1 Å². The Morgan fingerprint density at radius 3 is 2.65 bits per heavy atom. The van der Waals surface area contributed by atoms with Crippen LogP contribution in [0, 0.1) is 11.3 Å². The van der Waals surface area contributed by atoms with Crippen molar-refractivity contribution in [1.29, 1.82) is 5.26 Å². The molecule has 4 aliphatic heterocycles. The van der Waals surface area contributed by atoms with Gasteiger partial charge in [0.25, 0.3) is 11.8 Å². The van der Waals surface area contributed by atoms with E-state index in [1.165, 1.54) is 17.0 Å². The normalized spacial score (nSPS) is 27.6. The zero-order chi connectivity index (χ0) is 30.7. The number of nitrogens with zero attached hydrogens (tertiary/aromatic N) is 4. The van der Waals surface area contributed by atoms with Crippen molar-refractivity contribution in [3.05, 3.63) is 64.7 Å². The summed E-state index contributed by atoms with van der Waals surface area (Å²) >= 11 is 0. The first-order chi connectivity index (χ1) is 20.4. The van der Waals surface area contributed by atoms with Gasteiger partial charge in [0.1, 0.15) is 17.8 Å². The summed E-state index contributed by atoms with van der Waals surface area (Å²) in [6.45, 7) is 4.38. The Balaban J connectivity index is 1.27. The lowest BCUT2D eigenvalue weighted by Gasteiger charge is -2.49. The lowest BCUT2D eigenvalue weighted by atomic mass is 9.79. The Labute approximate surface area is 247 Å². The second-order valence-corrected chi connectivity index (χ2v) is 11.8. The van der Waals surface area contributed by atoms with Crippen LogP contribution in [0.15, 0.2) is 52.4 Å². The number of hydrogen-bond donors (Lipinski definition) is 7. The highest BCUT2D eigenvalue weighted by molar-refractivity contribution is 5.98. The van der Waals surface area contributed by atoms with Crippen LogP contribution in [-0.4, -0.2) is 88.1 Å². The molecule has 6 rings (SSSR count). The fourth-order valence-corrected chi connectivity index (χ4v) is 6.51. The number of nitrogens with one attached hydrogen (secondary N) is 3. The number of amides is 2. The zero-order valence-electron chi connectivity index (χ0n) is 23.7. The van der Waals surface area contributed by atoms with Crippen molar-refractivity contribution in [2.45, 2.75) is 55.3 Å². The fourth-order valence-electron chi connectivity index (χ4n) is 6.51. The third-order valence-corrected chi connectivity index (χ3v) is 8.83. The Morgan fingerprint density at radius 2 is 1.88 bits per heavy atom. The number of carbonyl (C=O) groups excluding carboxylic acids is 2. The van der Waals surface area contributed by atoms with Crippen LogP contribution in [0.4, 0.5) is 0 Å². The predicted octanol–water partition coefficient (Wildman–Crippen LogP) is -1.18. The number of guanidine groups is 2. The number of benzene rings is 2. The van der Waals surface area contributed by atoms with E-state index in [4.69, 9.17) is 16.2 Å². The van der Waals surface area contributed by atoms with Gasteiger partial charge in [-0.2, -0.15) is 5.26 Å². The standard InChI is InChI=1S/C29H33N9O5/c1-27(2)10-11-43-21-17(8-5-9-18(21)27)24(40)35-20-14-38-26(32)34-19(22-28(38,29(20,41)42)37-25(31)36-22)13-33-23(39)16-7-4-3-6-15(16)12-30/h3-9,19-20,22,41-42H,10-11,13-14H2,1-2H3,(H2,32,34)(H,33,39)(H,35,40)(H3,31,36,37)/t19-,20?,22-,28-/m0/s1. The predicted molar refractivity (Wildman–Crippen MR) is 155 cm³/mol. The molecule has 4 atom stereocenters. The van der Waals surface area contributed by atoms with E-state index in [1.807, 2.05) is 12.1 Å². The molecular formula is C29H33N9O5. The number of fused-ring (bicyclic) bond motifs is 1. The number of aliphatic hydroxyl groups is 2. The topological polar surface area (TPSA) is 224 Å². The zero-order valence-corrected chi connectivity index (χ0v) is 23.7. The molecule has 14 nitrogen and oxygen atoms in total. The molecule has 1 saturated heterocycles. The number of rotatable bonds is 5. The number of para-hydroxylation sites is 1. The van der Waals surface area contributed by atoms with E-state index in [0.717, 1.165) is 12.0 Å². The van der Waals surface area contributed by atoms with E-state index >= 15 is 0 Å². The molecule has 0 bridgehead atoms. The highest BCUT2D eigenvalue weighted by atomic mass is 16.5. The van der Waals surface area contributed by atoms with Crippen LogP contribution in [0.25, 0.3) is 0 Å². The molecule has 43 heavy (non-hydrogen) atoms. The number of hydrogen-bond acceptors (Lipinski definition) is 12. The van der Waals surface area contributed by atoms with E-state index in [1.54, 1.807) is 24.3 Å². The van der Waals surface area contributed by atoms with Gasteiger partial charge < -0.3 is 47.3 Å². The highest BCUT2D eigenvalue weighted by Gasteiger charge is 2.73. The summed E-state index contributed by atoms with van der Waals surface area (Å²) in [6, 6.07) is 10.5. The van der Waals surface area contributed by atoms with Crippen molar-refractivity contribution in [3.8, 4) is 11.8 Å². The molecule has 1 unspecified atom stereocenters. The molecule has 2 aromatic rings. The molecule has 2 aromatic carbocycles. The first-order valence-electron chi connectivity index (χ1n) is 13.9. The summed E-state index contributed by atoms with van der Waals surface area (Å²) in [7, 11) is 0. The SMILES string of the molecule is CC1(C)CCOc2c(C(=O)NC3CN4C(N)=N[C@@H](CNC(=O)c5ccccc5C#N)[C@@H]5N=C(N)N[C@@]54C3(O)O)cccc21. The van der Waals surface area contributed by atoms with Crippen LogP contribution in [0.5, 0.6) is 5.75 Å². The van der Waals surface area contributed by atoms with E-state index in [9.17, 15) is 25.1 Å². The van der Waals surface area contributed by atoms with Crippen LogP contribution >= 0.6 is 0 Å². The first-order valence-corrected chi connectivity index (χ1v) is 13.9. The molecule has 224 valence electrons. The molecule has 14 heteroatoms. The minimum atomic E-state index is -2.65. The summed E-state index contributed by atoms with van der Waals surface area (Å²) in [5, 5.41) is 41.2. The van der Waals surface area contributed by atoms with E-state index < -0.39 is 41.4 Å².